The summed E-state index contributed by atoms with van der Waals surface area (Å²) in [5.41, 5.74) is 11.6. The Morgan fingerprint density at radius 1 is 1.12 bits per heavy atom. The van der Waals surface area contributed by atoms with Crippen molar-refractivity contribution in [1.29, 1.82) is 0 Å². The Morgan fingerprint density at radius 2 is 2.00 bits per heavy atom. The van der Waals surface area contributed by atoms with Crippen LogP contribution in [0.2, 0.25) is 0 Å². The average molecular weight is 417 g/mol. The number of anilines is 1. The summed E-state index contributed by atoms with van der Waals surface area (Å²) in [6.07, 6.45) is 19.2. The molecule has 1 N–H and O–H groups in total. The molecule has 0 spiro atoms. The quantitative estimate of drug-likeness (QED) is 0.303. The minimum absolute atomic E-state index is 0.955. The highest BCUT2D eigenvalue weighted by Crippen LogP contribution is 2.38. The first kappa shape index (κ1) is 20.2. The van der Waals surface area contributed by atoms with Crippen molar-refractivity contribution in [3.8, 4) is 0 Å². The third-order valence-electron chi connectivity index (χ3n) is 6.16. The van der Waals surface area contributed by atoms with Gasteiger partial charge in [0.25, 0.3) is 0 Å². The van der Waals surface area contributed by atoms with Gasteiger partial charge in [-0.2, -0.15) is 0 Å². The van der Waals surface area contributed by atoms with Gasteiger partial charge in [-0.15, -0.1) is 0 Å². The second-order valence-electron chi connectivity index (χ2n) is 8.30. The molecule has 1 heterocycles. The van der Waals surface area contributed by atoms with Gasteiger partial charge in [0.2, 0.25) is 0 Å². The lowest BCUT2D eigenvalue weighted by atomic mass is 10.0. The Bertz CT molecular complexity index is 1400. The van der Waals surface area contributed by atoms with Gasteiger partial charge in [0.15, 0.2) is 0 Å². The lowest BCUT2D eigenvalue weighted by Gasteiger charge is -2.14. The molecular formula is C30H28N2. The molecule has 0 unspecified atom stereocenters. The first-order chi connectivity index (χ1) is 15.8. The van der Waals surface area contributed by atoms with Crippen molar-refractivity contribution >= 4 is 33.2 Å². The van der Waals surface area contributed by atoms with Crippen LogP contribution in [0.3, 0.4) is 0 Å². The van der Waals surface area contributed by atoms with Crippen LogP contribution in [0.5, 0.6) is 0 Å². The first-order valence-electron chi connectivity index (χ1n) is 11.4. The van der Waals surface area contributed by atoms with Gasteiger partial charge < -0.3 is 9.88 Å². The number of rotatable bonds is 7. The molecule has 2 aliphatic rings. The van der Waals surface area contributed by atoms with Crippen molar-refractivity contribution in [2.75, 3.05) is 5.32 Å². The predicted octanol–water partition coefficient (Wildman–Crippen LogP) is 8.29. The molecule has 2 nitrogen and oxygen atoms in total. The van der Waals surface area contributed by atoms with Gasteiger partial charge in [-0.25, -0.2) is 0 Å². The maximum atomic E-state index is 4.26. The van der Waals surface area contributed by atoms with E-state index >= 15 is 0 Å². The molecular weight excluding hydrogens is 388 g/mol. The van der Waals surface area contributed by atoms with E-state index in [-0.39, 0.29) is 0 Å². The normalized spacial score (nSPS) is 15.5. The number of allylic oxidation sites excluding steroid dienone is 9. The van der Waals surface area contributed by atoms with Crippen LogP contribution >= 0.6 is 0 Å². The molecule has 2 heteroatoms. The summed E-state index contributed by atoms with van der Waals surface area (Å²) in [6, 6.07) is 15.2. The maximum absolute atomic E-state index is 4.26. The third-order valence-corrected chi connectivity index (χ3v) is 6.16. The molecule has 32 heavy (non-hydrogen) atoms. The number of aromatic nitrogens is 1. The summed E-state index contributed by atoms with van der Waals surface area (Å²) in [5.74, 6) is 0. The van der Waals surface area contributed by atoms with E-state index in [0.717, 1.165) is 48.2 Å². The topological polar surface area (TPSA) is 17.0 Å². The van der Waals surface area contributed by atoms with Crippen LogP contribution in [-0.2, 0) is 0 Å². The van der Waals surface area contributed by atoms with Gasteiger partial charge in [-0.3, -0.25) is 0 Å². The van der Waals surface area contributed by atoms with E-state index in [4.69, 9.17) is 0 Å². The van der Waals surface area contributed by atoms with Gasteiger partial charge in [0.1, 0.15) is 0 Å². The van der Waals surface area contributed by atoms with Gasteiger partial charge in [-0.1, -0.05) is 60.9 Å². The average Bonchev–Trinajstić information content (AvgIpc) is 3.43. The number of nitrogens with one attached hydrogen (secondary N) is 1. The fourth-order valence-corrected chi connectivity index (χ4v) is 4.59. The van der Waals surface area contributed by atoms with Crippen LogP contribution in [0.25, 0.3) is 27.5 Å². The molecule has 1 aromatic heterocycles. The summed E-state index contributed by atoms with van der Waals surface area (Å²) in [5, 5.41) is 6.16. The first-order valence-corrected chi connectivity index (χ1v) is 11.4. The molecule has 158 valence electrons. The second-order valence-corrected chi connectivity index (χ2v) is 8.30. The molecule has 0 atom stereocenters. The summed E-state index contributed by atoms with van der Waals surface area (Å²) in [4.78, 5) is 0. The molecule has 0 fully saturated rings. The van der Waals surface area contributed by atoms with E-state index in [9.17, 15) is 0 Å². The van der Waals surface area contributed by atoms with E-state index in [0.29, 0.717) is 0 Å². The van der Waals surface area contributed by atoms with E-state index in [1.54, 1.807) is 0 Å². The van der Waals surface area contributed by atoms with Crippen LogP contribution in [-0.4, -0.2) is 4.57 Å². The minimum Gasteiger partial charge on any atom is -0.348 e. The van der Waals surface area contributed by atoms with Crippen molar-refractivity contribution in [3.05, 3.63) is 114 Å². The minimum atomic E-state index is 0.955. The van der Waals surface area contributed by atoms with Crippen molar-refractivity contribution in [2.24, 2.45) is 0 Å². The highest BCUT2D eigenvalue weighted by atomic mass is 15.0. The predicted molar refractivity (Wildman–Crippen MR) is 139 cm³/mol. The van der Waals surface area contributed by atoms with Crippen LogP contribution in [0, 0.1) is 0 Å². The van der Waals surface area contributed by atoms with E-state index in [1.807, 2.05) is 0 Å². The summed E-state index contributed by atoms with van der Waals surface area (Å²) in [6.45, 7) is 6.31. The number of fused-ring (bicyclic) bond motifs is 3. The zero-order valence-corrected chi connectivity index (χ0v) is 18.6. The second kappa shape index (κ2) is 8.78. The van der Waals surface area contributed by atoms with Crippen molar-refractivity contribution in [3.63, 3.8) is 0 Å². The lowest BCUT2D eigenvalue weighted by molar-refractivity contribution is 0.979. The maximum Gasteiger partial charge on any atom is 0.0824 e. The molecule has 0 bridgehead atoms. The van der Waals surface area contributed by atoms with Gasteiger partial charge >= 0.3 is 0 Å². The van der Waals surface area contributed by atoms with Crippen molar-refractivity contribution in [2.45, 2.75) is 32.6 Å². The zero-order valence-electron chi connectivity index (χ0n) is 18.6. The molecule has 0 amide bonds. The lowest BCUT2D eigenvalue weighted by Crippen LogP contribution is -1.99. The van der Waals surface area contributed by atoms with Gasteiger partial charge in [-0.05, 0) is 74.6 Å². The molecule has 0 aliphatic heterocycles. The highest BCUT2D eigenvalue weighted by molar-refractivity contribution is 6.15. The molecule has 0 saturated heterocycles. The highest BCUT2D eigenvalue weighted by Gasteiger charge is 2.17. The van der Waals surface area contributed by atoms with Gasteiger partial charge in [0, 0.05) is 27.7 Å². The summed E-state index contributed by atoms with van der Waals surface area (Å²) in [7, 11) is 0. The Kier molecular flexibility index (Phi) is 5.54. The number of hydrogen-bond donors (Lipinski definition) is 1. The van der Waals surface area contributed by atoms with Gasteiger partial charge in [0.05, 0.1) is 16.7 Å². The molecule has 2 aromatic carbocycles. The van der Waals surface area contributed by atoms with Crippen LogP contribution in [0.1, 0.15) is 32.6 Å². The number of nitrogens with zero attached hydrogens (tertiary/aromatic N) is 1. The molecule has 2 aliphatic carbocycles. The Morgan fingerprint density at radius 3 is 2.84 bits per heavy atom. The van der Waals surface area contributed by atoms with Crippen molar-refractivity contribution in [1.82, 2.24) is 4.57 Å². The smallest absolute Gasteiger partial charge is 0.0824 e. The molecule has 3 aromatic rings. The Balaban J connectivity index is 1.57. The number of hydrogen-bond acceptors (Lipinski definition) is 1. The fraction of sp³-hybridized carbons (Fsp3) is 0.167. The van der Waals surface area contributed by atoms with Crippen LogP contribution in [0.4, 0.5) is 5.69 Å². The molecule has 5 rings (SSSR count). The SMILES string of the molecule is C=C(CC/C=C\C)C1=C=C(Nc2cccc3c2c2ccccc2n3C2=CC=CCC2)C=C1. The summed E-state index contributed by atoms with van der Waals surface area (Å²) < 4.78 is 2.42. The van der Waals surface area contributed by atoms with E-state index < -0.39 is 0 Å². The van der Waals surface area contributed by atoms with Crippen LogP contribution in [0.15, 0.2) is 114 Å². The number of para-hydroxylation sites is 1. The Labute approximate surface area is 189 Å². The number of benzene rings is 2. The zero-order chi connectivity index (χ0) is 21.9. The van der Waals surface area contributed by atoms with E-state index in [1.165, 1.54) is 27.5 Å². The molecule has 0 saturated carbocycles. The standard InChI is InChI=1S/C30H28N2/c1-3-4-6-12-22(2)23-19-20-24(21-23)31-27-16-11-18-29-30(27)26-15-9-10-17-28(26)32(29)25-13-7-5-8-14-25/h3-5,7,9-11,13,15-20,31H,2,6,8,12,14H2,1H3/b4-3-. The fourth-order valence-electron chi connectivity index (χ4n) is 4.59. The largest absolute Gasteiger partial charge is 0.348 e. The van der Waals surface area contributed by atoms with E-state index in [2.05, 4.69) is 114 Å². The van der Waals surface area contributed by atoms with Crippen LogP contribution < -0.4 is 5.32 Å². The molecule has 0 radical (unpaired) electrons. The Hall–Kier alpha value is -3.74. The van der Waals surface area contributed by atoms with Crippen molar-refractivity contribution < 1.29 is 0 Å². The monoisotopic (exact) mass is 416 g/mol. The summed E-state index contributed by atoms with van der Waals surface area (Å²) >= 11 is 0. The third kappa shape index (κ3) is 3.70.